The molecule has 4 fully saturated rings. The van der Waals surface area contributed by atoms with Gasteiger partial charge in [-0.3, -0.25) is 19.2 Å². The van der Waals surface area contributed by atoms with E-state index in [1.54, 1.807) is 44.2 Å². The van der Waals surface area contributed by atoms with Gasteiger partial charge < -0.3 is 35.1 Å². The van der Waals surface area contributed by atoms with Gasteiger partial charge in [-0.15, -0.1) is 11.8 Å². The van der Waals surface area contributed by atoms with E-state index in [0.29, 0.717) is 5.56 Å². The molecule has 0 bridgehead atoms. The largest absolute Gasteiger partial charge is 0.464 e. The number of carbonyl (C=O) groups excluding carboxylic acids is 6. The Balaban J connectivity index is 1.24. The normalized spacial score (nSPS) is 31.8. The maximum Gasteiger partial charge on any atom is 0.333 e. The third-order valence-electron chi connectivity index (χ3n) is 8.56. The number of fused-ring (bicyclic) bond motifs is 2. The van der Waals surface area contributed by atoms with E-state index in [1.165, 1.54) is 30.5 Å². The lowest BCUT2D eigenvalue weighted by atomic mass is 9.95. The highest BCUT2D eigenvalue weighted by molar-refractivity contribution is 8.01. The van der Waals surface area contributed by atoms with Crippen LogP contribution in [0, 0.1) is 0 Å². The zero-order valence-corrected chi connectivity index (χ0v) is 26.8. The van der Waals surface area contributed by atoms with Crippen molar-refractivity contribution in [3.05, 3.63) is 35.9 Å². The molecule has 1 aromatic rings. The van der Waals surface area contributed by atoms with Crippen molar-refractivity contribution in [2.45, 2.75) is 91.7 Å². The SMILES string of the molecule is CC(=O)OC[C@@]1(C)[C@H](C(=O)OC(C)OC(=O)[C@@H]2N3C(=O)[C@@H](NC(=O)C(N)c4ccccc4)[C@H]3SC2(C)C)N2C(=O)C[C@H]2S1(=O)=O. The molecule has 0 aromatic heterocycles. The fourth-order valence-electron chi connectivity index (χ4n) is 6.16. The van der Waals surface area contributed by atoms with E-state index in [1.807, 2.05) is 0 Å². The zero-order chi connectivity index (χ0) is 33.2. The average molecular weight is 667 g/mol. The molecule has 15 nitrogen and oxygen atoms in total. The molecule has 2 unspecified atom stereocenters. The number of carbonyl (C=O) groups is 6. The van der Waals surface area contributed by atoms with Gasteiger partial charge in [-0.05, 0) is 26.3 Å². The van der Waals surface area contributed by atoms with Gasteiger partial charge in [0.25, 0.3) is 0 Å². The zero-order valence-electron chi connectivity index (χ0n) is 25.1. The summed E-state index contributed by atoms with van der Waals surface area (Å²) < 4.78 is 39.2. The minimum absolute atomic E-state index is 0.328. The highest BCUT2D eigenvalue weighted by Gasteiger charge is 2.71. The van der Waals surface area contributed by atoms with E-state index in [0.717, 1.165) is 11.8 Å². The van der Waals surface area contributed by atoms with Crippen LogP contribution in [0.2, 0.25) is 0 Å². The molecule has 45 heavy (non-hydrogen) atoms. The van der Waals surface area contributed by atoms with Gasteiger partial charge in [0.1, 0.15) is 40.2 Å². The molecule has 0 spiro atoms. The number of benzene rings is 1. The van der Waals surface area contributed by atoms with Crippen molar-refractivity contribution in [3.8, 4) is 0 Å². The van der Waals surface area contributed by atoms with Gasteiger partial charge in [0.05, 0.1) is 6.42 Å². The van der Waals surface area contributed by atoms with Crippen LogP contribution in [0.1, 0.15) is 52.6 Å². The Morgan fingerprint density at radius 2 is 1.64 bits per heavy atom. The van der Waals surface area contributed by atoms with E-state index in [9.17, 15) is 37.2 Å². The van der Waals surface area contributed by atoms with Crippen LogP contribution in [0.5, 0.6) is 0 Å². The molecule has 4 aliphatic rings. The van der Waals surface area contributed by atoms with Gasteiger partial charge >= 0.3 is 17.9 Å². The van der Waals surface area contributed by atoms with Crippen molar-refractivity contribution >= 4 is 57.2 Å². The Bertz CT molecular complexity index is 1570. The summed E-state index contributed by atoms with van der Waals surface area (Å²) in [7, 11) is -4.15. The van der Waals surface area contributed by atoms with Crippen LogP contribution in [0.25, 0.3) is 0 Å². The van der Waals surface area contributed by atoms with Crippen LogP contribution in [-0.2, 0) is 52.8 Å². The van der Waals surface area contributed by atoms with Crippen molar-refractivity contribution in [3.63, 3.8) is 0 Å². The number of hydrogen-bond donors (Lipinski definition) is 2. The summed E-state index contributed by atoms with van der Waals surface area (Å²) in [6.45, 7) is 6.25. The average Bonchev–Trinajstić information content (AvgIpc) is 3.30. The van der Waals surface area contributed by atoms with Crippen LogP contribution in [0.4, 0.5) is 0 Å². The maximum absolute atomic E-state index is 13.4. The first-order valence-electron chi connectivity index (χ1n) is 14.1. The van der Waals surface area contributed by atoms with Gasteiger partial charge in [-0.2, -0.15) is 0 Å². The fourth-order valence-corrected chi connectivity index (χ4v) is 10.0. The standard InChI is InChI=1S/C28H34N4O11S2/c1-13(33)41-12-28(5)21(31-16(34)11-17(31)45(28,39)40)26(38)43-14(2)42-25(37)20-27(3,4)44-24-19(23(36)32(20)24)30-22(35)18(29)15-9-7-6-8-10-15/h6-10,14,17-21,24H,11-12,29H2,1-5H3,(H,30,35)/t14?,17-,18?,19-,20+,21+,24-,28+/m1/s1. The minimum Gasteiger partial charge on any atom is -0.464 e. The number of thioether (sulfide) groups is 1. The molecule has 0 saturated carbocycles. The molecule has 3 amide bonds. The molecule has 17 heteroatoms. The van der Waals surface area contributed by atoms with Gasteiger partial charge in [0.2, 0.25) is 24.0 Å². The number of ether oxygens (including phenoxy) is 3. The second kappa shape index (κ2) is 11.3. The molecule has 3 N–H and O–H groups in total. The highest BCUT2D eigenvalue weighted by Crippen LogP contribution is 2.51. The van der Waals surface area contributed by atoms with E-state index in [-0.39, 0.29) is 6.42 Å². The first-order valence-corrected chi connectivity index (χ1v) is 16.5. The Morgan fingerprint density at radius 1 is 1.04 bits per heavy atom. The smallest absolute Gasteiger partial charge is 0.333 e. The number of β-lactam (4-membered cyclic amide) rings is 2. The topological polar surface area (TPSA) is 209 Å². The Labute approximate surface area is 263 Å². The van der Waals surface area contributed by atoms with Crippen LogP contribution in [0.3, 0.4) is 0 Å². The Hall–Kier alpha value is -3.70. The monoisotopic (exact) mass is 666 g/mol. The molecule has 8 atom stereocenters. The predicted molar refractivity (Wildman–Crippen MR) is 156 cm³/mol. The van der Waals surface area contributed by atoms with Crippen molar-refractivity contribution in [1.82, 2.24) is 15.1 Å². The van der Waals surface area contributed by atoms with Crippen LogP contribution < -0.4 is 11.1 Å². The number of sulfone groups is 1. The molecular formula is C28H34N4O11S2. The van der Waals surface area contributed by atoms with E-state index in [2.05, 4.69) is 5.32 Å². The number of nitrogens with one attached hydrogen (secondary N) is 1. The van der Waals surface area contributed by atoms with Gasteiger partial charge in [0, 0.05) is 18.6 Å². The van der Waals surface area contributed by atoms with Crippen LogP contribution in [-0.4, -0.2) is 105 Å². The summed E-state index contributed by atoms with van der Waals surface area (Å²) in [5.74, 6) is -4.51. The van der Waals surface area contributed by atoms with Crippen molar-refractivity contribution in [2.75, 3.05) is 6.61 Å². The summed E-state index contributed by atoms with van der Waals surface area (Å²) in [5, 5.41) is 0.806. The van der Waals surface area contributed by atoms with Crippen molar-refractivity contribution < 1.29 is 51.4 Å². The minimum atomic E-state index is -4.15. The molecule has 0 aliphatic carbocycles. The number of nitrogens with two attached hydrogens (primary N) is 1. The van der Waals surface area contributed by atoms with Gasteiger partial charge in [0.15, 0.2) is 15.9 Å². The molecular weight excluding hydrogens is 632 g/mol. The Kier molecular flexibility index (Phi) is 8.19. The summed E-state index contributed by atoms with van der Waals surface area (Å²) >= 11 is 1.28. The third-order valence-corrected chi connectivity index (χ3v) is 12.9. The van der Waals surface area contributed by atoms with Gasteiger partial charge in [-0.1, -0.05) is 30.3 Å². The van der Waals surface area contributed by atoms with E-state index >= 15 is 0 Å². The fraction of sp³-hybridized carbons (Fsp3) is 0.571. The van der Waals surface area contributed by atoms with Crippen LogP contribution >= 0.6 is 11.8 Å². The molecule has 4 saturated heterocycles. The quantitative estimate of drug-likeness (QED) is 0.191. The predicted octanol–water partition coefficient (Wildman–Crippen LogP) is -0.657. The highest BCUT2D eigenvalue weighted by atomic mass is 32.2. The number of esters is 3. The lowest BCUT2D eigenvalue weighted by Gasteiger charge is -2.44. The lowest BCUT2D eigenvalue weighted by Crippen LogP contribution is -2.71. The second-order valence-corrected chi connectivity index (χ2v) is 16.4. The lowest BCUT2D eigenvalue weighted by molar-refractivity contribution is -0.196. The molecule has 244 valence electrons. The maximum atomic E-state index is 13.4. The summed E-state index contributed by atoms with van der Waals surface area (Å²) in [6.07, 6.45) is -1.87. The molecule has 5 rings (SSSR count). The van der Waals surface area contributed by atoms with Crippen LogP contribution in [0.15, 0.2) is 30.3 Å². The van der Waals surface area contributed by atoms with E-state index in [4.69, 9.17) is 19.9 Å². The second-order valence-electron chi connectivity index (χ2n) is 12.1. The summed E-state index contributed by atoms with van der Waals surface area (Å²) in [5.41, 5.74) is 6.64. The van der Waals surface area contributed by atoms with Crippen molar-refractivity contribution in [1.29, 1.82) is 0 Å². The Morgan fingerprint density at radius 3 is 2.22 bits per heavy atom. The van der Waals surface area contributed by atoms with Gasteiger partial charge in [-0.25, -0.2) is 18.0 Å². The number of amides is 3. The third kappa shape index (κ3) is 5.23. The molecule has 1 aromatic carbocycles. The molecule has 0 radical (unpaired) electrons. The first kappa shape index (κ1) is 32.7. The number of rotatable bonds is 9. The van der Waals surface area contributed by atoms with Crippen molar-refractivity contribution in [2.24, 2.45) is 5.73 Å². The number of nitrogens with zero attached hydrogens (tertiary/aromatic N) is 2. The molecule has 4 aliphatic heterocycles. The number of hydrogen-bond acceptors (Lipinski definition) is 13. The van der Waals surface area contributed by atoms with E-state index < -0.39 is 103 Å². The summed E-state index contributed by atoms with van der Waals surface area (Å²) in [4.78, 5) is 78.6. The molecule has 4 heterocycles. The summed E-state index contributed by atoms with van der Waals surface area (Å²) in [6, 6.07) is 3.95. The first-order chi connectivity index (χ1) is 20.9.